The average molecular weight is 282 g/mol. The van der Waals surface area contributed by atoms with Gasteiger partial charge in [0.1, 0.15) is 0 Å². The van der Waals surface area contributed by atoms with Crippen LogP contribution in [0.1, 0.15) is 31.4 Å². The molecule has 2 aromatic rings. The van der Waals surface area contributed by atoms with Gasteiger partial charge in [-0.05, 0) is 18.6 Å². The van der Waals surface area contributed by atoms with Gasteiger partial charge in [-0.1, -0.05) is 37.5 Å². The summed E-state index contributed by atoms with van der Waals surface area (Å²) in [6.07, 6.45) is 11.4. The van der Waals surface area contributed by atoms with Crippen LogP contribution in [-0.2, 0) is 0 Å². The summed E-state index contributed by atoms with van der Waals surface area (Å²) in [7, 11) is 0. The first-order valence-electron chi connectivity index (χ1n) is 7.30. The van der Waals surface area contributed by atoms with Crippen molar-refractivity contribution in [1.82, 2.24) is 15.1 Å². The molecule has 0 bridgehead atoms. The number of nitrogens with two attached hydrogens (primary N) is 1. The minimum Gasteiger partial charge on any atom is -0.329 e. The summed E-state index contributed by atoms with van der Waals surface area (Å²) in [6, 6.07) is 10.1. The summed E-state index contributed by atoms with van der Waals surface area (Å²) >= 11 is 0. The first-order chi connectivity index (χ1) is 10.3. The van der Waals surface area contributed by atoms with E-state index in [1.807, 2.05) is 47.4 Å². The van der Waals surface area contributed by atoms with E-state index in [0.717, 1.165) is 24.1 Å². The van der Waals surface area contributed by atoms with Crippen LogP contribution in [0.5, 0.6) is 0 Å². The van der Waals surface area contributed by atoms with Gasteiger partial charge in [-0.25, -0.2) is 4.68 Å². The molecule has 1 aromatic carbocycles. The molecule has 1 aromatic heterocycles. The van der Waals surface area contributed by atoms with Gasteiger partial charge in [0.2, 0.25) is 0 Å². The number of para-hydroxylation sites is 1. The zero-order valence-corrected chi connectivity index (χ0v) is 12.4. The molecular weight excluding hydrogens is 260 g/mol. The summed E-state index contributed by atoms with van der Waals surface area (Å²) < 4.78 is 1.85. The lowest BCUT2D eigenvalue weighted by Crippen LogP contribution is -2.35. The average Bonchev–Trinajstić information content (AvgIpc) is 3.02. The van der Waals surface area contributed by atoms with Crippen molar-refractivity contribution < 1.29 is 0 Å². The van der Waals surface area contributed by atoms with Crippen molar-refractivity contribution in [3.63, 3.8) is 0 Å². The highest BCUT2D eigenvalue weighted by Crippen LogP contribution is 2.15. The lowest BCUT2D eigenvalue weighted by Gasteiger charge is -2.20. The second-order valence-corrected chi connectivity index (χ2v) is 5.02. The van der Waals surface area contributed by atoms with Gasteiger partial charge in [-0.15, -0.1) is 6.42 Å². The van der Waals surface area contributed by atoms with E-state index in [9.17, 15) is 0 Å². The molecule has 2 atom stereocenters. The molecule has 0 fully saturated rings. The van der Waals surface area contributed by atoms with Crippen molar-refractivity contribution in [2.24, 2.45) is 5.73 Å². The fourth-order valence-electron chi connectivity index (χ4n) is 2.29. The predicted octanol–water partition coefficient (Wildman–Crippen LogP) is 2.26. The number of benzene rings is 1. The van der Waals surface area contributed by atoms with Crippen LogP contribution >= 0.6 is 0 Å². The molecule has 2 rings (SSSR count). The molecule has 0 amide bonds. The second kappa shape index (κ2) is 7.63. The molecule has 0 aliphatic carbocycles. The molecule has 4 nitrogen and oxygen atoms in total. The highest BCUT2D eigenvalue weighted by molar-refractivity contribution is 5.31. The van der Waals surface area contributed by atoms with Crippen molar-refractivity contribution in [2.75, 3.05) is 6.54 Å². The summed E-state index contributed by atoms with van der Waals surface area (Å²) in [5.74, 6) is 2.78. The topological polar surface area (TPSA) is 55.9 Å². The van der Waals surface area contributed by atoms with Gasteiger partial charge < -0.3 is 5.73 Å². The summed E-state index contributed by atoms with van der Waals surface area (Å²) in [6.45, 7) is 2.61. The zero-order chi connectivity index (χ0) is 15.1. The van der Waals surface area contributed by atoms with Crippen molar-refractivity contribution in [3.05, 3.63) is 48.3 Å². The van der Waals surface area contributed by atoms with Crippen LogP contribution in [0.4, 0.5) is 0 Å². The highest BCUT2D eigenvalue weighted by atomic mass is 15.3. The number of aromatic nitrogens is 2. The molecule has 0 saturated carbocycles. The van der Waals surface area contributed by atoms with Crippen LogP contribution in [0, 0.1) is 12.3 Å². The highest BCUT2D eigenvalue weighted by Gasteiger charge is 2.15. The standard InChI is InChI=1S/C17H22N4/c1-3-8-15(4-2)20-17(11-18)14-12-19-21(13-14)16-9-6-5-7-10-16/h2,5-7,9-10,12-13,15,17,20H,3,8,11,18H2,1H3. The summed E-state index contributed by atoms with van der Waals surface area (Å²) in [4.78, 5) is 0. The largest absolute Gasteiger partial charge is 0.329 e. The van der Waals surface area contributed by atoms with Crippen LogP contribution in [0.3, 0.4) is 0 Å². The minimum absolute atomic E-state index is 0.0232. The molecule has 1 heterocycles. The normalized spacial score (nSPS) is 13.6. The third-order valence-electron chi connectivity index (χ3n) is 3.44. The molecule has 0 spiro atoms. The fraction of sp³-hybridized carbons (Fsp3) is 0.353. The van der Waals surface area contributed by atoms with E-state index in [0.29, 0.717) is 6.54 Å². The first-order valence-corrected chi connectivity index (χ1v) is 7.30. The first kappa shape index (κ1) is 15.3. The molecule has 110 valence electrons. The smallest absolute Gasteiger partial charge is 0.0692 e. The Hall–Kier alpha value is -2.09. The van der Waals surface area contributed by atoms with E-state index in [1.54, 1.807) is 0 Å². The van der Waals surface area contributed by atoms with Crippen molar-refractivity contribution in [3.8, 4) is 18.0 Å². The Morgan fingerprint density at radius 3 is 2.76 bits per heavy atom. The Morgan fingerprint density at radius 1 is 1.38 bits per heavy atom. The van der Waals surface area contributed by atoms with Crippen LogP contribution in [-0.4, -0.2) is 22.4 Å². The van der Waals surface area contributed by atoms with E-state index in [4.69, 9.17) is 12.2 Å². The van der Waals surface area contributed by atoms with Crippen LogP contribution in [0.15, 0.2) is 42.7 Å². The number of hydrogen-bond acceptors (Lipinski definition) is 3. The number of nitrogens with one attached hydrogen (secondary N) is 1. The maximum atomic E-state index is 5.88. The van der Waals surface area contributed by atoms with Gasteiger partial charge in [0, 0.05) is 24.3 Å². The van der Waals surface area contributed by atoms with Gasteiger partial charge in [0.15, 0.2) is 0 Å². The quantitative estimate of drug-likeness (QED) is 0.766. The Balaban J connectivity index is 2.13. The Bertz CT molecular complexity index is 582. The summed E-state index contributed by atoms with van der Waals surface area (Å²) in [5.41, 5.74) is 7.97. The van der Waals surface area contributed by atoms with Gasteiger partial charge in [-0.2, -0.15) is 5.10 Å². The number of nitrogens with zero attached hydrogens (tertiary/aromatic N) is 2. The van der Waals surface area contributed by atoms with Crippen molar-refractivity contribution in [2.45, 2.75) is 31.8 Å². The maximum Gasteiger partial charge on any atom is 0.0692 e. The molecule has 0 saturated heterocycles. The molecule has 0 aliphatic rings. The lowest BCUT2D eigenvalue weighted by atomic mass is 10.1. The second-order valence-electron chi connectivity index (χ2n) is 5.02. The zero-order valence-electron chi connectivity index (χ0n) is 12.4. The van der Waals surface area contributed by atoms with E-state index >= 15 is 0 Å². The van der Waals surface area contributed by atoms with Gasteiger partial charge in [0.05, 0.1) is 17.9 Å². The summed E-state index contributed by atoms with van der Waals surface area (Å²) in [5, 5.41) is 7.82. The van der Waals surface area contributed by atoms with Gasteiger partial charge in [0.25, 0.3) is 0 Å². The monoisotopic (exact) mass is 282 g/mol. The molecule has 3 N–H and O–H groups in total. The Morgan fingerprint density at radius 2 is 2.14 bits per heavy atom. The van der Waals surface area contributed by atoms with Gasteiger partial charge >= 0.3 is 0 Å². The molecular formula is C17H22N4. The number of terminal acetylenes is 1. The number of rotatable bonds is 7. The molecule has 4 heteroatoms. The predicted molar refractivity (Wildman–Crippen MR) is 86.0 cm³/mol. The molecule has 0 aliphatic heterocycles. The van der Waals surface area contributed by atoms with E-state index in [2.05, 4.69) is 23.3 Å². The van der Waals surface area contributed by atoms with E-state index in [-0.39, 0.29) is 12.1 Å². The van der Waals surface area contributed by atoms with Crippen LogP contribution in [0.25, 0.3) is 5.69 Å². The van der Waals surface area contributed by atoms with Crippen molar-refractivity contribution in [1.29, 1.82) is 0 Å². The Labute approximate surface area is 126 Å². The van der Waals surface area contributed by atoms with Crippen LogP contribution < -0.4 is 11.1 Å². The molecule has 21 heavy (non-hydrogen) atoms. The maximum absolute atomic E-state index is 5.88. The van der Waals surface area contributed by atoms with Crippen molar-refractivity contribution >= 4 is 0 Å². The molecule has 2 unspecified atom stereocenters. The Kier molecular flexibility index (Phi) is 5.56. The molecule has 0 radical (unpaired) electrons. The minimum atomic E-state index is 0.0232. The van der Waals surface area contributed by atoms with Gasteiger partial charge in [-0.3, -0.25) is 5.32 Å². The third kappa shape index (κ3) is 3.94. The van der Waals surface area contributed by atoms with Crippen LogP contribution in [0.2, 0.25) is 0 Å². The number of hydrogen-bond donors (Lipinski definition) is 2. The third-order valence-corrected chi connectivity index (χ3v) is 3.44. The fourth-order valence-corrected chi connectivity index (χ4v) is 2.29. The SMILES string of the molecule is C#CC(CCC)NC(CN)c1cnn(-c2ccccc2)c1. The van der Waals surface area contributed by atoms with E-state index < -0.39 is 0 Å². The van der Waals surface area contributed by atoms with E-state index in [1.165, 1.54) is 0 Å². The lowest BCUT2D eigenvalue weighted by molar-refractivity contribution is 0.475.